The second-order valence-electron chi connectivity index (χ2n) is 2.03. The molecule has 0 radical (unpaired) electrons. The Hall–Kier alpha value is -1.33. The van der Waals surface area contributed by atoms with Crippen LogP contribution in [0, 0.1) is 0 Å². The van der Waals surface area contributed by atoms with Crippen molar-refractivity contribution in [3.05, 3.63) is 43.2 Å². The van der Waals surface area contributed by atoms with E-state index in [-0.39, 0.29) is 11.0 Å². The van der Waals surface area contributed by atoms with Crippen LogP contribution in [0.25, 0.3) is 0 Å². The summed E-state index contributed by atoms with van der Waals surface area (Å²) in [6.45, 7) is 3.17. The van der Waals surface area contributed by atoms with Crippen molar-refractivity contribution in [3.8, 4) is 0 Å². The molecule has 0 aliphatic rings. The molecule has 0 heterocycles. The maximum Gasteiger partial charge on any atom is 0.338 e. The molecule has 0 aliphatic heterocycles. The van der Waals surface area contributed by atoms with Gasteiger partial charge in [0.25, 0.3) is 0 Å². The second-order valence-corrected chi connectivity index (χ2v) is 3.60. The highest BCUT2D eigenvalue weighted by Crippen LogP contribution is 2.10. The molecular weight excluding hydrogens is 190 g/mol. The zero-order valence-electron chi connectivity index (χ0n) is 7.01. The quantitative estimate of drug-likeness (QED) is 0.596. The highest BCUT2D eigenvalue weighted by Gasteiger charge is 2.11. The van der Waals surface area contributed by atoms with E-state index in [1.54, 1.807) is 18.2 Å². The number of benzene rings is 1. The molecule has 1 aromatic carbocycles. The summed E-state index contributed by atoms with van der Waals surface area (Å²) < 4.78 is 26.6. The Morgan fingerprint density at radius 2 is 1.77 bits per heavy atom. The second kappa shape index (κ2) is 4.64. The zero-order chi connectivity index (χ0) is 9.03. The minimum atomic E-state index is -3.63. The van der Waals surface area contributed by atoms with Gasteiger partial charge in [0.2, 0.25) is 0 Å². The van der Waals surface area contributed by atoms with Crippen molar-refractivity contribution in [2.24, 2.45) is 0 Å². The Labute approximate surface area is 77.6 Å². The molecule has 5 heteroatoms. The SMILES string of the molecule is C=COS(=O)(=O)c1ccccc1.N. The van der Waals surface area contributed by atoms with Crippen LogP contribution in [0.2, 0.25) is 0 Å². The lowest BCUT2D eigenvalue weighted by Gasteiger charge is -2.00. The van der Waals surface area contributed by atoms with Crippen LogP contribution in [0.15, 0.2) is 48.1 Å². The third kappa shape index (κ3) is 2.89. The van der Waals surface area contributed by atoms with Crippen molar-refractivity contribution in [3.63, 3.8) is 0 Å². The predicted octanol–water partition coefficient (Wildman–Crippen LogP) is 1.70. The van der Waals surface area contributed by atoms with Gasteiger partial charge in [-0.15, -0.1) is 0 Å². The normalized spacial score (nSPS) is 9.85. The van der Waals surface area contributed by atoms with E-state index in [0.29, 0.717) is 0 Å². The first-order valence-electron chi connectivity index (χ1n) is 3.26. The van der Waals surface area contributed by atoms with Gasteiger partial charge in [0.05, 0.1) is 6.26 Å². The van der Waals surface area contributed by atoms with E-state index in [9.17, 15) is 8.42 Å². The molecule has 0 unspecified atom stereocenters. The molecule has 0 spiro atoms. The van der Waals surface area contributed by atoms with Crippen molar-refractivity contribution in [2.45, 2.75) is 4.90 Å². The minimum Gasteiger partial charge on any atom is -0.388 e. The maximum absolute atomic E-state index is 11.1. The van der Waals surface area contributed by atoms with Gasteiger partial charge in [-0.1, -0.05) is 24.8 Å². The number of hydrogen-bond donors (Lipinski definition) is 1. The predicted molar refractivity (Wildman–Crippen MR) is 49.9 cm³/mol. The zero-order valence-corrected chi connectivity index (χ0v) is 7.83. The van der Waals surface area contributed by atoms with Gasteiger partial charge in [0.15, 0.2) is 0 Å². The summed E-state index contributed by atoms with van der Waals surface area (Å²) >= 11 is 0. The van der Waals surface area contributed by atoms with Gasteiger partial charge in [0.1, 0.15) is 4.90 Å². The first-order chi connectivity index (χ1) is 5.67. The van der Waals surface area contributed by atoms with Gasteiger partial charge in [-0.05, 0) is 12.1 Å². The average Bonchev–Trinajstić information content (AvgIpc) is 2.06. The van der Waals surface area contributed by atoms with Crippen LogP contribution in [0.3, 0.4) is 0 Å². The van der Waals surface area contributed by atoms with E-state index in [1.165, 1.54) is 12.1 Å². The summed E-state index contributed by atoms with van der Waals surface area (Å²) in [5.41, 5.74) is 0. The van der Waals surface area contributed by atoms with Gasteiger partial charge in [-0.25, -0.2) is 0 Å². The lowest BCUT2D eigenvalue weighted by Crippen LogP contribution is -2.00. The first kappa shape index (κ1) is 11.7. The monoisotopic (exact) mass is 201 g/mol. The van der Waals surface area contributed by atoms with Crippen LogP contribution in [0.4, 0.5) is 0 Å². The molecule has 13 heavy (non-hydrogen) atoms. The fourth-order valence-electron chi connectivity index (χ4n) is 0.732. The Morgan fingerprint density at radius 3 is 2.23 bits per heavy atom. The van der Waals surface area contributed by atoms with Crippen molar-refractivity contribution in [1.29, 1.82) is 0 Å². The third-order valence-electron chi connectivity index (χ3n) is 1.23. The molecule has 0 amide bonds. The van der Waals surface area contributed by atoms with Gasteiger partial charge >= 0.3 is 10.1 Å². The van der Waals surface area contributed by atoms with E-state index >= 15 is 0 Å². The Morgan fingerprint density at radius 1 is 1.23 bits per heavy atom. The smallest absolute Gasteiger partial charge is 0.338 e. The van der Waals surface area contributed by atoms with Crippen molar-refractivity contribution >= 4 is 10.1 Å². The molecular formula is C8H11NO3S. The Kier molecular flexibility index (Phi) is 4.16. The molecule has 0 fully saturated rings. The molecule has 0 atom stereocenters. The average molecular weight is 201 g/mol. The van der Waals surface area contributed by atoms with E-state index < -0.39 is 10.1 Å². The van der Waals surface area contributed by atoms with Crippen LogP contribution in [0.5, 0.6) is 0 Å². The third-order valence-corrected chi connectivity index (χ3v) is 2.47. The lowest BCUT2D eigenvalue weighted by molar-refractivity contribution is 0.444. The molecule has 4 nitrogen and oxygen atoms in total. The number of rotatable bonds is 3. The molecule has 0 aliphatic carbocycles. The Balaban J connectivity index is 0.00000144. The van der Waals surface area contributed by atoms with Crippen molar-refractivity contribution in [1.82, 2.24) is 6.15 Å². The van der Waals surface area contributed by atoms with Crippen molar-refractivity contribution in [2.75, 3.05) is 0 Å². The van der Waals surface area contributed by atoms with Gasteiger partial charge in [-0.2, -0.15) is 8.42 Å². The van der Waals surface area contributed by atoms with E-state index in [4.69, 9.17) is 0 Å². The highest BCUT2D eigenvalue weighted by molar-refractivity contribution is 7.86. The summed E-state index contributed by atoms with van der Waals surface area (Å²) in [4.78, 5) is 0.130. The highest BCUT2D eigenvalue weighted by atomic mass is 32.2. The van der Waals surface area contributed by atoms with Crippen LogP contribution >= 0.6 is 0 Å². The maximum atomic E-state index is 11.1. The standard InChI is InChI=1S/C8H8O3S.H3N/c1-2-11-12(9,10)8-6-4-3-5-7-8;/h2-7H,1H2;1H3. The summed E-state index contributed by atoms with van der Waals surface area (Å²) in [6, 6.07) is 7.89. The van der Waals surface area contributed by atoms with E-state index in [0.717, 1.165) is 6.26 Å². The van der Waals surface area contributed by atoms with Crippen LogP contribution in [-0.4, -0.2) is 8.42 Å². The minimum absolute atomic E-state index is 0. The van der Waals surface area contributed by atoms with Crippen LogP contribution in [0.1, 0.15) is 0 Å². The molecule has 72 valence electrons. The summed E-state index contributed by atoms with van der Waals surface area (Å²) in [5, 5.41) is 0. The van der Waals surface area contributed by atoms with E-state index in [1.807, 2.05) is 0 Å². The van der Waals surface area contributed by atoms with Crippen molar-refractivity contribution < 1.29 is 12.6 Å². The largest absolute Gasteiger partial charge is 0.388 e. The molecule has 0 aromatic heterocycles. The summed E-state index contributed by atoms with van der Waals surface area (Å²) in [5.74, 6) is 0. The summed E-state index contributed by atoms with van der Waals surface area (Å²) in [6.07, 6.45) is 0.891. The molecule has 1 aromatic rings. The number of hydrogen-bond acceptors (Lipinski definition) is 4. The molecule has 0 bridgehead atoms. The molecule has 0 saturated heterocycles. The van der Waals surface area contributed by atoms with Gasteiger partial charge in [0, 0.05) is 0 Å². The first-order valence-corrected chi connectivity index (χ1v) is 4.67. The van der Waals surface area contributed by atoms with Crippen LogP contribution < -0.4 is 6.15 Å². The topological polar surface area (TPSA) is 78.4 Å². The fraction of sp³-hybridized carbons (Fsp3) is 0. The van der Waals surface area contributed by atoms with E-state index in [2.05, 4.69) is 10.8 Å². The molecule has 1 rings (SSSR count). The van der Waals surface area contributed by atoms with Gasteiger partial charge in [-0.3, -0.25) is 0 Å². The Bertz CT molecular complexity index is 358. The fourth-order valence-corrected chi connectivity index (χ4v) is 1.51. The summed E-state index contributed by atoms with van der Waals surface area (Å²) in [7, 11) is -3.63. The van der Waals surface area contributed by atoms with Crippen LogP contribution in [-0.2, 0) is 14.3 Å². The molecule has 3 N–H and O–H groups in total. The lowest BCUT2D eigenvalue weighted by atomic mass is 10.4. The van der Waals surface area contributed by atoms with Gasteiger partial charge < -0.3 is 10.3 Å². The molecule has 0 saturated carbocycles.